The van der Waals surface area contributed by atoms with Crippen LogP contribution in [0.2, 0.25) is 0 Å². The highest BCUT2D eigenvalue weighted by molar-refractivity contribution is 6.07. The number of H-pyrrole nitrogens is 1. The number of aromatic nitrogens is 2. The predicted octanol–water partition coefficient (Wildman–Crippen LogP) is 5.32. The van der Waals surface area contributed by atoms with Crippen molar-refractivity contribution in [2.75, 3.05) is 6.54 Å². The van der Waals surface area contributed by atoms with Gasteiger partial charge in [-0.05, 0) is 60.9 Å². The molecule has 0 radical (unpaired) electrons. The second-order valence-electron chi connectivity index (χ2n) is 7.60. The molecule has 0 atom stereocenters. The van der Waals surface area contributed by atoms with Crippen molar-refractivity contribution in [3.05, 3.63) is 108 Å². The first kappa shape index (κ1) is 24.6. The monoisotopic (exact) mass is 454 g/mol. The van der Waals surface area contributed by atoms with E-state index in [4.69, 9.17) is 5.21 Å². The van der Waals surface area contributed by atoms with Gasteiger partial charge in [0.2, 0.25) is 0 Å². The molecule has 0 unspecified atom stereocenters. The van der Waals surface area contributed by atoms with Crippen molar-refractivity contribution < 1.29 is 10.0 Å². The van der Waals surface area contributed by atoms with Crippen LogP contribution in [0.5, 0.6) is 0 Å². The lowest BCUT2D eigenvalue weighted by molar-refractivity contribution is -0.124. The molecule has 174 valence electrons. The summed E-state index contributed by atoms with van der Waals surface area (Å²) < 4.78 is 0. The molecule has 4 aromatic rings. The van der Waals surface area contributed by atoms with Gasteiger partial charge in [0.1, 0.15) is 5.65 Å². The highest BCUT2D eigenvalue weighted by atomic mass is 16.5. The van der Waals surface area contributed by atoms with Crippen LogP contribution < -0.4 is 10.8 Å². The van der Waals surface area contributed by atoms with Crippen LogP contribution >= 0.6 is 0 Å². The lowest BCUT2D eigenvalue weighted by Crippen LogP contribution is -2.16. The van der Waals surface area contributed by atoms with E-state index in [1.54, 1.807) is 23.8 Å². The van der Waals surface area contributed by atoms with Gasteiger partial charge in [-0.3, -0.25) is 10.0 Å². The Morgan fingerprint density at radius 3 is 2.68 bits per heavy atom. The Balaban J connectivity index is 0.000000588. The number of nitrogens with one attached hydrogen (secondary N) is 3. The Hall–Kier alpha value is -4.00. The predicted molar refractivity (Wildman–Crippen MR) is 139 cm³/mol. The second-order valence-corrected chi connectivity index (χ2v) is 7.60. The van der Waals surface area contributed by atoms with Gasteiger partial charge in [0.15, 0.2) is 0 Å². The number of pyridine rings is 1. The molecule has 0 bridgehead atoms. The lowest BCUT2D eigenvalue weighted by atomic mass is 10.0. The fraction of sp³-hybridized carbons (Fsp3) is 0.143. The molecule has 0 aliphatic carbocycles. The third-order valence-electron chi connectivity index (χ3n) is 5.23. The van der Waals surface area contributed by atoms with Crippen molar-refractivity contribution >= 4 is 33.9 Å². The first-order chi connectivity index (χ1) is 16.7. The molecule has 6 heteroatoms. The maximum Gasteiger partial charge on any atom is 0.267 e. The molecule has 0 saturated heterocycles. The quantitative estimate of drug-likeness (QED) is 0.0954. The summed E-state index contributed by atoms with van der Waals surface area (Å²) in [5.41, 5.74) is 6.99. The molecule has 0 fully saturated rings. The first-order valence-electron chi connectivity index (χ1n) is 11.2. The molecule has 0 spiro atoms. The molecule has 4 N–H and O–H groups in total. The van der Waals surface area contributed by atoms with Crippen LogP contribution in [0.1, 0.15) is 23.6 Å². The Morgan fingerprint density at radius 1 is 1.15 bits per heavy atom. The minimum atomic E-state index is -0.545. The first-order valence-corrected chi connectivity index (χ1v) is 11.2. The van der Waals surface area contributed by atoms with E-state index in [1.165, 1.54) is 22.6 Å². The van der Waals surface area contributed by atoms with Crippen LogP contribution in [0.4, 0.5) is 0 Å². The van der Waals surface area contributed by atoms with Gasteiger partial charge in [-0.15, -0.1) is 0 Å². The van der Waals surface area contributed by atoms with Crippen LogP contribution in [-0.2, 0) is 17.8 Å². The normalized spacial score (nSPS) is 11.1. The summed E-state index contributed by atoms with van der Waals surface area (Å²) in [6.07, 6.45) is 11.2. The lowest BCUT2D eigenvalue weighted by Gasteiger charge is -2.07. The van der Waals surface area contributed by atoms with Crippen molar-refractivity contribution in [1.82, 2.24) is 20.8 Å². The van der Waals surface area contributed by atoms with Crippen molar-refractivity contribution in [2.24, 2.45) is 0 Å². The molecule has 6 nitrogen and oxygen atoms in total. The summed E-state index contributed by atoms with van der Waals surface area (Å²) in [6, 6.07) is 18.4. The zero-order chi connectivity index (χ0) is 24.2. The number of hydrogen-bond donors (Lipinski definition) is 4. The van der Waals surface area contributed by atoms with E-state index >= 15 is 0 Å². The Morgan fingerprint density at radius 2 is 1.97 bits per heavy atom. The summed E-state index contributed by atoms with van der Waals surface area (Å²) >= 11 is 0. The average Bonchev–Trinajstić information content (AvgIpc) is 3.26. The van der Waals surface area contributed by atoms with Gasteiger partial charge in [0.25, 0.3) is 5.91 Å². The van der Waals surface area contributed by atoms with E-state index in [2.05, 4.69) is 46.1 Å². The van der Waals surface area contributed by atoms with Crippen molar-refractivity contribution in [2.45, 2.75) is 19.9 Å². The number of hydroxylamine groups is 1. The van der Waals surface area contributed by atoms with Crippen molar-refractivity contribution in [1.29, 1.82) is 0 Å². The average molecular weight is 455 g/mol. The Labute approximate surface area is 199 Å². The molecule has 0 aliphatic heterocycles. The van der Waals surface area contributed by atoms with Crippen LogP contribution in [0.15, 0.2) is 91.7 Å². The van der Waals surface area contributed by atoms with E-state index in [9.17, 15) is 4.79 Å². The standard InChI is InChI=1S/C23H22N4O2.C5H8/c28-21(27-29)11-10-16-6-8-17(9-7-16)15-24-14-12-18-3-1-5-20-22(18)19-4-2-13-25-23(19)26-20;1-3-5-4-2/h1-11,13,24,29H,12,14-15H2,(H,25,26)(H,27,28);3-5H,1H2,2H3/b11-10+;5-4-. The molecule has 2 aromatic heterocycles. The van der Waals surface area contributed by atoms with Crippen LogP contribution in [0.3, 0.4) is 0 Å². The summed E-state index contributed by atoms with van der Waals surface area (Å²) in [5.74, 6) is -0.545. The molecular weight excluding hydrogens is 424 g/mol. The fourth-order valence-electron chi connectivity index (χ4n) is 3.61. The molecule has 0 saturated carbocycles. The van der Waals surface area contributed by atoms with Crippen molar-refractivity contribution in [3.63, 3.8) is 0 Å². The van der Waals surface area contributed by atoms with Gasteiger partial charge >= 0.3 is 0 Å². The van der Waals surface area contributed by atoms with Crippen LogP contribution in [0, 0.1) is 0 Å². The van der Waals surface area contributed by atoms with Crippen molar-refractivity contribution in [3.8, 4) is 0 Å². The number of carbonyl (C=O) groups is 1. The molecule has 2 aromatic carbocycles. The van der Waals surface area contributed by atoms with Crippen LogP contribution in [0.25, 0.3) is 28.0 Å². The molecule has 1 amide bonds. The Bertz CT molecular complexity index is 1290. The number of amides is 1. The highest BCUT2D eigenvalue weighted by Crippen LogP contribution is 2.27. The molecule has 2 heterocycles. The van der Waals surface area contributed by atoms with E-state index in [1.807, 2.05) is 49.4 Å². The zero-order valence-electron chi connectivity index (χ0n) is 19.3. The summed E-state index contributed by atoms with van der Waals surface area (Å²) in [6.45, 7) is 7.06. The summed E-state index contributed by atoms with van der Waals surface area (Å²) in [4.78, 5) is 18.8. The van der Waals surface area contributed by atoms with Crippen LogP contribution in [-0.4, -0.2) is 27.6 Å². The van der Waals surface area contributed by atoms with Gasteiger partial charge in [-0.1, -0.05) is 61.2 Å². The van der Waals surface area contributed by atoms with Gasteiger partial charge in [-0.25, -0.2) is 10.5 Å². The third kappa shape index (κ3) is 6.75. The van der Waals surface area contributed by atoms with Gasteiger partial charge < -0.3 is 10.3 Å². The van der Waals surface area contributed by atoms with E-state index in [0.717, 1.165) is 41.6 Å². The summed E-state index contributed by atoms with van der Waals surface area (Å²) in [7, 11) is 0. The molecule has 34 heavy (non-hydrogen) atoms. The largest absolute Gasteiger partial charge is 0.339 e. The SMILES string of the molecule is C=C/C=C\C.O=C(/C=C/c1ccc(CNCCc2cccc3[nH]c4ncccc4c23)cc1)NO. The molecule has 0 aliphatic rings. The number of allylic oxidation sites excluding steroid dienone is 3. The van der Waals surface area contributed by atoms with E-state index in [0.29, 0.717) is 0 Å². The minimum absolute atomic E-state index is 0.545. The van der Waals surface area contributed by atoms with Gasteiger partial charge in [0, 0.05) is 35.1 Å². The number of hydrogen-bond acceptors (Lipinski definition) is 4. The van der Waals surface area contributed by atoms with Gasteiger partial charge in [0.05, 0.1) is 0 Å². The number of fused-ring (bicyclic) bond motifs is 3. The number of carbonyl (C=O) groups excluding carboxylic acids is 1. The highest BCUT2D eigenvalue weighted by Gasteiger charge is 2.08. The second kappa shape index (κ2) is 12.9. The topological polar surface area (TPSA) is 90.0 Å². The number of nitrogens with zero attached hydrogens (tertiary/aromatic N) is 1. The maximum absolute atomic E-state index is 11.0. The smallest absolute Gasteiger partial charge is 0.267 e. The summed E-state index contributed by atoms with van der Waals surface area (Å²) in [5, 5.41) is 14.4. The number of benzene rings is 2. The maximum atomic E-state index is 11.0. The number of rotatable bonds is 8. The zero-order valence-corrected chi connectivity index (χ0v) is 19.3. The third-order valence-corrected chi connectivity index (χ3v) is 5.23. The Kier molecular flexibility index (Phi) is 9.34. The minimum Gasteiger partial charge on any atom is -0.339 e. The van der Waals surface area contributed by atoms with E-state index in [-0.39, 0.29) is 0 Å². The van der Waals surface area contributed by atoms with E-state index < -0.39 is 5.91 Å². The molecular formula is C28H30N4O2. The molecule has 4 rings (SSSR count). The van der Waals surface area contributed by atoms with Gasteiger partial charge in [-0.2, -0.15) is 0 Å². The fourth-order valence-corrected chi connectivity index (χ4v) is 3.61. The number of aromatic amines is 1.